The van der Waals surface area contributed by atoms with E-state index in [4.69, 9.17) is 14.5 Å². The minimum absolute atomic E-state index is 0.0359. The van der Waals surface area contributed by atoms with Crippen molar-refractivity contribution in [2.45, 2.75) is 32.7 Å². The van der Waals surface area contributed by atoms with Gasteiger partial charge in [0.15, 0.2) is 5.13 Å². The molecule has 1 N–H and O–H groups in total. The maximum absolute atomic E-state index is 12.5. The molecule has 1 aliphatic heterocycles. The number of benzene rings is 2. The number of hydrogen-bond acceptors (Lipinski definition) is 6. The first-order valence-corrected chi connectivity index (χ1v) is 12.4. The highest BCUT2D eigenvalue weighted by molar-refractivity contribution is 7.16. The molecule has 1 aromatic heterocycles. The number of amides is 1. The van der Waals surface area contributed by atoms with Crippen LogP contribution >= 0.6 is 11.3 Å². The Morgan fingerprint density at radius 2 is 1.88 bits per heavy atom. The van der Waals surface area contributed by atoms with Gasteiger partial charge in [-0.25, -0.2) is 4.98 Å². The van der Waals surface area contributed by atoms with E-state index in [1.54, 1.807) is 11.3 Å². The van der Waals surface area contributed by atoms with Gasteiger partial charge in [-0.05, 0) is 30.5 Å². The summed E-state index contributed by atoms with van der Waals surface area (Å²) < 4.78 is 11.2. The van der Waals surface area contributed by atoms with Crippen LogP contribution < -0.4 is 10.1 Å². The molecule has 2 aromatic carbocycles. The summed E-state index contributed by atoms with van der Waals surface area (Å²) in [6.45, 7) is 6.79. The van der Waals surface area contributed by atoms with Gasteiger partial charge < -0.3 is 14.8 Å². The van der Waals surface area contributed by atoms with Crippen LogP contribution in [0.1, 0.15) is 30.2 Å². The van der Waals surface area contributed by atoms with Crippen LogP contribution in [0.3, 0.4) is 0 Å². The van der Waals surface area contributed by atoms with E-state index in [-0.39, 0.29) is 5.91 Å². The first-order valence-electron chi connectivity index (χ1n) is 11.6. The number of aromatic nitrogens is 1. The molecule has 0 unspecified atom stereocenters. The van der Waals surface area contributed by atoms with Crippen LogP contribution in [0.5, 0.6) is 5.75 Å². The molecule has 0 radical (unpaired) electrons. The van der Waals surface area contributed by atoms with Crippen molar-refractivity contribution in [1.29, 1.82) is 0 Å². The van der Waals surface area contributed by atoms with Gasteiger partial charge in [-0.2, -0.15) is 0 Å². The monoisotopic (exact) mass is 465 g/mol. The molecule has 4 rings (SSSR count). The first kappa shape index (κ1) is 23.4. The van der Waals surface area contributed by atoms with Crippen molar-refractivity contribution in [3.8, 4) is 17.0 Å². The number of morpholine rings is 1. The van der Waals surface area contributed by atoms with E-state index >= 15 is 0 Å². The molecule has 2 heterocycles. The van der Waals surface area contributed by atoms with Crippen LogP contribution in [0.15, 0.2) is 54.6 Å². The molecular weight excluding hydrogens is 434 g/mol. The predicted octanol–water partition coefficient (Wildman–Crippen LogP) is 5.00. The average molecular weight is 466 g/mol. The lowest BCUT2D eigenvalue weighted by molar-refractivity contribution is -0.116. The highest BCUT2D eigenvalue weighted by atomic mass is 32.1. The Labute approximate surface area is 199 Å². The number of rotatable bonds is 10. The summed E-state index contributed by atoms with van der Waals surface area (Å²) in [6, 6.07) is 18.3. The van der Waals surface area contributed by atoms with Crippen LogP contribution in [0.2, 0.25) is 0 Å². The fraction of sp³-hybridized carbons (Fsp3) is 0.385. The van der Waals surface area contributed by atoms with E-state index in [0.29, 0.717) is 24.6 Å². The minimum atomic E-state index is -0.0359. The van der Waals surface area contributed by atoms with Gasteiger partial charge >= 0.3 is 0 Å². The fourth-order valence-corrected chi connectivity index (χ4v) is 4.76. The first-order chi connectivity index (χ1) is 16.2. The number of thiazole rings is 1. The lowest BCUT2D eigenvalue weighted by Gasteiger charge is -2.26. The van der Waals surface area contributed by atoms with Crippen molar-refractivity contribution >= 4 is 22.4 Å². The second kappa shape index (κ2) is 11.9. The van der Waals surface area contributed by atoms with Gasteiger partial charge in [0.25, 0.3) is 0 Å². The number of carbonyl (C=O) groups is 1. The van der Waals surface area contributed by atoms with Crippen LogP contribution in [0, 0.1) is 0 Å². The number of hydrogen-bond donors (Lipinski definition) is 1. The van der Waals surface area contributed by atoms with Crippen molar-refractivity contribution in [1.82, 2.24) is 9.88 Å². The molecule has 33 heavy (non-hydrogen) atoms. The highest BCUT2D eigenvalue weighted by Gasteiger charge is 2.19. The third-order valence-corrected chi connectivity index (χ3v) is 6.57. The molecule has 0 saturated carbocycles. The molecule has 0 spiro atoms. The standard InChI is InChI=1S/C26H31N3O3S/c1-2-20-10-12-22(13-11-20)32-16-6-9-24(30)27-26-28-25(21-7-4-3-5-8-21)23(33-26)19-29-14-17-31-18-15-29/h3-5,7-8,10-13H,2,6,9,14-19H2,1H3,(H,27,28,30). The summed E-state index contributed by atoms with van der Waals surface area (Å²) in [7, 11) is 0. The Hall–Kier alpha value is -2.74. The summed E-state index contributed by atoms with van der Waals surface area (Å²) in [6.07, 6.45) is 2.06. The minimum Gasteiger partial charge on any atom is -0.494 e. The zero-order chi connectivity index (χ0) is 22.9. The van der Waals surface area contributed by atoms with E-state index in [9.17, 15) is 4.79 Å². The third kappa shape index (κ3) is 6.87. The van der Waals surface area contributed by atoms with E-state index in [1.165, 1.54) is 5.56 Å². The predicted molar refractivity (Wildman–Crippen MR) is 133 cm³/mol. The molecule has 3 aromatic rings. The summed E-state index contributed by atoms with van der Waals surface area (Å²) in [4.78, 5) is 20.8. The smallest absolute Gasteiger partial charge is 0.226 e. The Kier molecular flexibility index (Phi) is 8.47. The SMILES string of the molecule is CCc1ccc(OCCCC(=O)Nc2nc(-c3ccccc3)c(CN3CCOCC3)s2)cc1. The number of anilines is 1. The van der Waals surface area contributed by atoms with Crippen LogP contribution in [-0.2, 0) is 22.5 Å². The van der Waals surface area contributed by atoms with Crippen molar-refractivity contribution in [2.24, 2.45) is 0 Å². The van der Waals surface area contributed by atoms with Gasteiger partial charge in [-0.1, -0.05) is 60.7 Å². The number of aryl methyl sites for hydroxylation is 1. The van der Waals surface area contributed by atoms with Gasteiger partial charge in [0, 0.05) is 36.5 Å². The molecule has 0 aliphatic carbocycles. The molecule has 1 saturated heterocycles. The summed E-state index contributed by atoms with van der Waals surface area (Å²) in [5, 5.41) is 3.64. The Bertz CT molecular complexity index is 1020. The Balaban J connectivity index is 1.33. The molecule has 7 heteroatoms. The number of nitrogens with zero attached hydrogens (tertiary/aromatic N) is 2. The molecular formula is C26H31N3O3S. The zero-order valence-electron chi connectivity index (χ0n) is 19.1. The second-order valence-electron chi connectivity index (χ2n) is 8.04. The zero-order valence-corrected chi connectivity index (χ0v) is 19.9. The quantitative estimate of drug-likeness (QED) is 0.427. The molecule has 1 aliphatic rings. The lowest BCUT2D eigenvalue weighted by atomic mass is 10.1. The van der Waals surface area contributed by atoms with E-state index in [2.05, 4.69) is 41.4 Å². The molecule has 1 fully saturated rings. The van der Waals surface area contributed by atoms with Crippen molar-refractivity contribution in [2.75, 3.05) is 38.2 Å². The van der Waals surface area contributed by atoms with Crippen LogP contribution in [0.4, 0.5) is 5.13 Å². The summed E-state index contributed by atoms with van der Waals surface area (Å²) >= 11 is 1.56. The summed E-state index contributed by atoms with van der Waals surface area (Å²) in [5.41, 5.74) is 3.30. The van der Waals surface area contributed by atoms with Crippen LogP contribution in [-0.4, -0.2) is 48.7 Å². The molecule has 174 valence electrons. The van der Waals surface area contributed by atoms with Gasteiger partial charge in [0.05, 0.1) is 25.5 Å². The maximum Gasteiger partial charge on any atom is 0.226 e. The third-order valence-electron chi connectivity index (χ3n) is 5.61. The Morgan fingerprint density at radius 1 is 1.12 bits per heavy atom. The average Bonchev–Trinajstić information content (AvgIpc) is 3.25. The van der Waals surface area contributed by atoms with Gasteiger partial charge in [0.1, 0.15) is 5.75 Å². The van der Waals surface area contributed by atoms with Crippen molar-refractivity contribution in [3.05, 3.63) is 65.0 Å². The summed E-state index contributed by atoms with van der Waals surface area (Å²) in [5.74, 6) is 0.805. The van der Waals surface area contributed by atoms with Gasteiger partial charge in [-0.15, -0.1) is 0 Å². The normalized spacial score (nSPS) is 14.2. The molecule has 6 nitrogen and oxygen atoms in total. The van der Waals surface area contributed by atoms with Crippen molar-refractivity contribution in [3.63, 3.8) is 0 Å². The molecule has 1 amide bonds. The second-order valence-corrected chi connectivity index (χ2v) is 9.13. The number of ether oxygens (including phenoxy) is 2. The van der Waals surface area contributed by atoms with Crippen molar-refractivity contribution < 1.29 is 14.3 Å². The number of carbonyl (C=O) groups excluding carboxylic acids is 1. The number of nitrogens with one attached hydrogen (secondary N) is 1. The molecule has 0 bridgehead atoms. The maximum atomic E-state index is 12.5. The van der Waals surface area contributed by atoms with E-state index in [0.717, 1.165) is 61.2 Å². The van der Waals surface area contributed by atoms with E-state index in [1.807, 2.05) is 30.3 Å². The highest BCUT2D eigenvalue weighted by Crippen LogP contribution is 2.32. The topological polar surface area (TPSA) is 63.7 Å². The van der Waals surface area contributed by atoms with Gasteiger partial charge in [-0.3, -0.25) is 9.69 Å². The molecule has 0 atom stereocenters. The fourth-order valence-electron chi connectivity index (χ4n) is 3.72. The Morgan fingerprint density at radius 3 is 2.61 bits per heavy atom. The van der Waals surface area contributed by atoms with Gasteiger partial charge in [0.2, 0.25) is 5.91 Å². The van der Waals surface area contributed by atoms with E-state index < -0.39 is 0 Å². The lowest BCUT2D eigenvalue weighted by Crippen LogP contribution is -2.35. The van der Waals surface area contributed by atoms with Crippen LogP contribution in [0.25, 0.3) is 11.3 Å². The largest absolute Gasteiger partial charge is 0.494 e.